The van der Waals surface area contributed by atoms with Gasteiger partial charge in [-0.1, -0.05) is 185 Å². The molecule has 2 aliphatic carbocycles. The number of hydrogen-bond acceptors (Lipinski definition) is 1. The maximum absolute atomic E-state index is 2.53. The molecule has 2 aliphatic rings. The van der Waals surface area contributed by atoms with E-state index >= 15 is 0 Å². The first-order valence-electron chi connectivity index (χ1n) is 21.9. The third-order valence-corrected chi connectivity index (χ3v) is 14.0. The fraction of sp³-hybridized carbons (Fsp3) is 0.100. The van der Waals surface area contributed by atoms with E-state index in [1.165, 1.54) is 88.6 Å². The van der Waals surface area contributed by atoms with Crippen LogP contribution in [0, 0.1) is 0 Å². The molecule has 0 atom stereocenters. The Morgan fingerprint density at radius 3 is 1.69 bits per heavy atom. The lowest BCUT2D eigenvalue weighted by atomic mass is 9.82. The molecule has 1 heterocycles. The molecule has 296 valence electrons. The summed E-state index contributed by atoms with van der Waals surface area (Å²) in [5, 5.41) is 2.50. The van der Waals surface area contributed by atoms with Gasteiger partial charge in [-0.3, -0.25) is 0 Å². The van der Waals surface area contributed by atoms with Gasteiger partial charge in [-0.2, -0.15) is 0 Å². The summed E-state index contributed by atoms with van der Waals surface area (Å²) >= 11 is 0. The highest BCUT2D eigenvalue weighted by Gasteiger charge is 2.38. The van der Waals surface area contributed by atoms with Crippen molar-refractivity contribution in [3.8, 4) is 50.2 Å². The topological polar surface area (TPSA) is 8.17 Å². The molecule has 2 nitrogen and oxygen atoms in total. The normalized spacial score (nSPS) is 14.1. The van der Waals surface area contributed by atoms with Crippen molar-refractivity contribution in [2.45, 2.75) is 38.5 Å². The van der Waals surface area contributed by atoms with Crippen molar-refractivity contribution in [3.05, 3.63) is 229 Å². The van der Waals surface area contributed by atoms with Crippen LogP contribution in [0.25, 0.3) is 72.0 Å². The number of fused-ring (bicyclic) bond motifs is 9. The van der Waals surface area contributed by atoms with Gasteiger partial charge in [0.25, 0.3) is 0 Å². The first kappa shape index (κ1) is 36.4. The van der Waals surface area contributed by atoms with Crippen LogP contribution < -0.4 is 4.90 Å². The lowest BCUT2D eigenvalue weighted by Gasteiger charge is -2.31. The number of para-hydroxylation sites is 4. The predicted octanol–water partition coefficient (Wildman–Crippen LogP) is 16.2. The molecule has 0 fully saturated rings. The van der Waals surface area contributed by atoms with Crippen LogP contribution in [-0.4, -0.2) is 4.57 Å². The second kappa shape index (κ2) is 13.5. The minimum atomic E-state index is -0.155. The van der Waals surface area contributed by atoms with Crippen molar-refractivity contribution in [1.29, 1.82) is 0 Å². The summed E-state index contributed by atoms with van der Waals surface area (Å²) in [6.45, 7) is 9.49. The lowest BCUT2D eigenvalue weighted by molar-refractivity contribution is 0.660. The van der Waals surface area contributed by atoms with Gasteiger partial charge in [-0.05, 0) is 104 Å². The van der Waals surface area contributed by atoms with Gasteiger partial charge in [0.1, 0.15) is 0 Å². The summed E-state index contributed by atoms with van der Waals surface area (Å²) in [5.41, 5.74) is 22.3. The maximum Gasteiger partial charge on any atom is 0.0547 e. The van der Waals surface area contributed by atoms with E-state index in [1.807, 2.05) is 0 Å². The Bertz CT molecular complexity index is 3420. The van der Waals surface area contributed by atoms with Crippen molar-refractivity contribution >= 4 is 38.9 Å². The molecule has 2 heteroatoms. The molecule has 62 heavy (non-hydrogen) atoms. The van der Waals surface area contributed by atoms with E-state index in [2.05, 4.69) is 243 Å². The van der Waals surface area contributed by atoms with Gasteiger partial charge < -0.3 is 9.47 Å². The third-order valence-electron chi connectivity index (χ3n) is 14.0. The Morgan fingerprint density at radius 1 is 0.355 bits per heavy atom. The molecule has 0 saturated heterocycles. The molecule has 9 aromatic carbocycles. The molecule has 0 unspecified atom stereocenters. The summed E-state index contributed by atoms with van der Waals surface area (Å²) in [5.74, 6) is 0. The number of rotatable bonds is 6. The van der Waals surface area contributed by atoms with Gasteiger partial charge in [0.05, 0.1) is 22.4 Å². The smallest absolute Gasteiger partial charge is 0.0547 e. The maximum atomic E-state index is 2.53. The van der Waals surface area contributed by atoms with Gasteiger partial charge in [0, 0.05) is 44.1 Å². The predicted molar refractivity (Wildman–Crippen MR) is 261 cm³/mol. The molecule has 0 N–H and O–H groups in total. The summed E-state index contributed by atoms with van der Waals surface area (Å²) < 4.78 is 2.42. The van der Waals surface area contributed by atoms with E-state index in [4.69, 9.17) is 0 Å². The van der Waals surface area contributed by atoms with E-state index in [0.29, 0.717) is 0 Å². The highest BCUT2D eigenvalue weighted by molar-refractivity contribution is 6.11. The van der Waals surface area contributed by atoms with Gasteiger partial charge in [0.2, 0.25) is 0 Å². The van der Waals surface area contributed by atoms with Crippen LogP contribution in [0.15, 0.2) is 206 Å². The van der Waals surface area contributed by atoms with E-state index in [0.717, 1.165) is 22.7 Å². The summed E-state index contributed by atoms with van der Waals surface area (Å²) in [7, 11) is 0. The first-order valence-corrected chi connectivity index (χ1v) is 21.9. The summed E-state index contributed by atoms with van der Waals surface area (Å²) in [4.78, 5) is 2.53. The summed E-state index contributed by atoms with van der Waals surface area (Å²) in [6, 6.07) is 76.6. The largest absolute Gasteiger partial charge is 0.309 e. The molecule has 0 radical (unpaired) electrons. The molecule has 10 aromatic rings. The van der Waals surface area contributed by atoms with Gasteiger partial charge in [0.15, 0.2) is 0 Å². The fourth-order valence-corrected chi connectivity index (χ4v) is 11.0. The second-order valence-electron chi connectivity index (χ2n) is 18.1. The monoisotopic (exact) mass is 794 g/mol. The average molecular weight is 795 g/mol. The lowest BCUT2D eigenvalue weighted by Crippen LogP contribution is -2.17. The van der Waals surface area contributed by atoms with E-state index < -0.39 is 0 Å². The standard InChI is InChI=1S/C60H46N2/c1-59(2)51-28-14-9-25-49(51)58-48(26-18-29-52(58)59)46-24-12-17-32-56(46)62(41-34-36-44-43-22-8-13-27-50(43)60(3,4)53(44)38-41)54-30-15-10-21-42(54)39-33-35-47-45-23-11-16-31-55(45)61(57(47)37-39)40-19-6-5-7-20-40/h5-38H,1-4H3. The van der Waals surface area contributed by atoms with E-state index in [1.54, 1.807) is 0 Å². The fourth-order valence-electron chi connectivity index (χ4n) is 11.0. The van der Waals surface area contributed by atoms with Crippen molar-refractivity contribution in [3.63, 3.8) is 0 Å². The third kappa shape index (κ3) is 5.23. The van der Waals surface area contributed by atoms with Crippen LogP contribution in [-0.2, 0) is 10.8 Å². The highest BCUT2D eigenvalue weighted by Crippen LogP contribution is 2.55. The number of anilines is 3. The Kier molecular flexibility index (Phi) is 7.96. The van der Waals surface area contributed by atoms with Crippen LogP contribution in [0.3, 0.4) is 0 Å². The van der Waals surface area contributed by atoms with Crippen LogP contribution in [0.2, 0.25) is 0 Å². The van der Waals surface area contributed by atoms with Crippen LogP contribution in [0.4, 0.5) is 17.1 Å². The molecule has 0 saturated carbocycles. The zero-order chi connectivity index (χ0) is 41.7. The number of nitrogens with zero attached hydrogens (tertiary/aromatic N) is 2. The molecular formula is C60H46N2. The quantitative estimate of drug-likeness (QED) is 0.163. The zero-order valence-corrected chi connectivity index (χ0v) is 35.5. The molecule has 0 amide bonds. The van der Waals surface area contributed by atoms with E-state index in [-0.39, 0.29) is 10.8 Å². The molecule has 12 rings (SSSR count). The van der Waals surface area contributed by atoms with Crippen LogP contribution in [0.1, 0.15) is 49.9 Å². The minimum Gasteiger partial charge on any atom is -0.309 e. The van der Waals surface area contributed by atoms with Crippen molar-refractivity contribution in [1.82, 2.24) is 4.57 Å². The van der Waals surface area contributed by atoms with Gasteiger partial charge in [-0.25, -0.2) is 0 Å². The molecule has 1 aromatic heterocycles. The number of hydrogen-bond donors (Lipinski definition) is 0. The Labute approximate surface area is 364 Å². The SMILES string of the molecule is CC1(C)c2ccccc2-c2ccc(N(c3ccccc3-c3ccc4c5ccccc5n(-c5ccccc5)c4c3)c3ccccc3-c3cccc4c3-c3ccccc3C4(C)C)cc21. The Morgan fingerprint density at radius 2 is 0.903 bits per heavy atom. The van der Waals surface area contributed by atoms with Crippen LogP contribution >= 0.6 is 0 Å². The van der Waals surface area contributed by atoms with E-state index in [9.17, 15) is 0 Å². The number of aromatic nitrogens is 1. The zero-order valence-electron chi connectivity index (χ0n) is 35.5. The Balaban J connectivity index is 1.12. The first-order chi connectivity index (χ1) is 30.3. The average Bonchev–Trinajstić information content (AvgIpc) is 3.86. The summed E-state index contributed by atoms with van der Waals surface area (Å²) in [6.07, 6.45) is 0. The van der Waals surface area contributed by atoms with Crippen molar-refractivity contribution < 1.29 is 0 Å². The minimum absolute atomic E-state index is 0.107. The molecular weight excluding hydrogens is 749 g/mol. The van der Waals surface area contributed by atoms with Crippen molar-refractivity contribution in [2.75, 3.05) is 4.90 Å². The second-order valence-corrected chi connectivity index (χ2v) is 18.1. The number of benzene rings is 9. The van der Waals surface area contributed by atoms with Crippen molar-refractivity contribution in [2.24, 2.45) is 0 Å². The Hall–Kier alpha value is -7.42. The van der Waals surface area contributed by atoms with Gasteiger partial charge in [-0.15, -0.1) is 0 Å². The van der Waals surface area contributed by atoms with Crippen LogP contribution in [0.5, 0.6) is 0 Å². The molecule has 0 bridgehead atoms. The van der Waals surface area contributed by atoms with Gasteiger partial charge >= 0.3 is 0 Å². The molecule has 0 aliphatic heterocycles. The molecule has 0 spiro atoms. The highest BCUT2D eigenvalue weighted by atomic mass is 15.1.